The van der Waals surface area contributed by atoms with Crippen LogP contribution in [0.1, 0.15) is 35.2 Å². The number of aryl methyl sites for hydroxylation is 1. The molecule has 1 rings (SSSR count). The highest BCUT2D eigenvalue weighted by molar-refractivity contribution is 5.96. The van der Waals surface area contributed by atoms with Crippen molar-refractivity contribution in [3.8, 4) is 5.75 Å². The van der Waals surface area contributed by atoms with Gasteiger partial charge in [0.1, 0.15) is 5.75 Å². The van der Waals surface area contributed by atoms with Gasteiger partial charge in [-0.1, -0.05) is 6.08 Å². The summed E-state index contributed by atoms with van der Waals surface area (Å²) in [7, 11) is 1.63. The van der Waals surface area contributed by atoms with Crippen LogP contribution in [-0.4, -0.2) is 12.9 Å². The first-order valence-corrected chi connectivity index (χ1v) is 5.47. The molecule has 0 fully saturated rings. The van der Waals surface area contributed by atoms with Gasteiger partial charge < -0.3 is 4.74 Å². The fourth-order valence-electron chi connectivity index (χ4n) is 1.60. The van der Waals surface area contributed by atoms with Crippen LogP contribution in [0.4, 0.5) is 0 Å². The van der Waals surface area contributed by atoms with Crippen molar-refractivity contribution in [3.63, 3.8) is 0 Å². The molecule has 0 spiro atoms. The van der Waals surface area contributed by atoms with Crippen molar-refractivity contribution in [2.45, 2.75) is 26.2 Å². The van der Waals surface area contributed by atoms with E-state index in [1.54, 1.807) is 7.11 Å². The van der Waals surface area contributed by atoms with Gasteiger partial charge in [0.05, 0.1) is 7.11 Å². The molecule has 0 amide bonds. The van der Waals surface area contributed by atoms with E-state index in [9.17, 15) is 4.79 Å². The molecule has 0 saturated carbocycles. The lowest BCUT2D eigenvalue weighted by Gasteiger charge is -2.06. The molecule has 86 valence electrons. The van der Waals surface area contributed by atoms with Crippen LogP contribution < -0.4 is 4.74 Å². The monoisotopic (exact) mass is 218 g/mol. The van der Waals surface area contributed by atoms with E-state index in [1.807, 2.05) is 31.2 Å². The van der Waals surface area contributed by atoms with Crippen LogP contribution in [0.15, 0.2) is 30.9 Å². The van der Waals surface area contributed by atoms with Gasteiger partial charge in [-0.3, -0.25) is 4.79 Å². The Kier molecular flexibility index (Phi) is 4.77. The number of hydrogen-bond donors (Lipinski definition) is 0. The maximum Gasteiger partial charge on any atom is 0.162 e. The van der Waals surface area contributed by atoms with Crippen molar-refractivity contribution in [1.29, 1.82) is 0 Å². The Morgan fingerprint density at radius 2 is 2.25 bits per heavy atom. The largest absolute Gasteiger partial charge is 0.496 e. The molecule has 0 aliphatic carbocycles. The van der Waals surface area contributed by atoms with Crippen LogP contribution >= 0.6 is 0 Å². The number of carbonyl (C=O) groups is 1. The first-order valence-electron chi connectivity index (χ1n) is 5.47. The lowest BCUT2D eigenvalue weighted by molar-refractivity contribution is 0.0980. The second kappa shape index (κ2) is 6.11. The molecule has 0 aliphatic rings. The third kappa shape index (κ3) is 3.23. The third-order valence-electron chi connectivity index (χ3n) is 2.53. The molecule has 0 radical (unpaired) electrons. The number of carbonyl (C=O) groups excluding carboxylic acids is 1. The van der Waals surface area contributed by atoms with Gasteiger partial charge in [-0.25, -0.2) is 0 Å². The highest BCUT2D eigenvalue weighted by atomic mass is 16.5. The van der Waals surface area contributed by atoms with E-state index < -0.39 is 0 Å². The van der Waals surface area contributed by atoms with Crippen LogP contribution in [0.2, 0.25) is 0 Å². The number of ether oxygens (including phenoxy) is 1. The fraction of sp³-hybridized carbons (Fsp3) is 0.357. The van der Waals surface area contributed by atoms with Crippen LogP contribution in [-0.2, 0) is 0 Å². The van der Waals surface area contributed by atoms with Gasteiger partial charge in [0.25, 0.3) is 0 Å². The summed E-state index contributed by atoms with van der Waals surface area (Å²) < 4.78 is 5.15. The standard InChI is InChI=1S/C14H18O2/c1-4-5-6-7-13(15)12-8-9-14(16-3)11(2)10-12/h4,8-10H,1,5-7H2,2-3H3. The number of unbranched alkanes of at least 4 members (excludes halogenated alkanes) is 1. The average molecular weight is 218 g/mol. The maximum atomic E-state index is 11.8. The van der Waals surface area contributed by atoms with Crippen molar-refractivity contribution in [2.75, 3.05) is 7.11 Å². The van der Waals surface area contributed by atoms with Crippen molar-refractivity contribution in [3.05, 3.63) is 42.0 Å². The van der Waals surface area contributed by atoms with Gasteiger partial charge in [-0.2, -0.15) is 0 Å². The Labute approximate surface area is 96.9 Å². The molecule has 0 saturated heterocycles. The summed E-state index contributed by atoms with van der Waals surface area (Å²) in [6.07, 6.45) is 4.18. The van der Waals surface area contributed by atoms with E-state index >= 15 is 0 Å². The van der Waals surface area contributed by atoms with Crippen LogP contribution in [0.3, 0.4) is 0 Å². The number of hydrogen-bond acceptors (Lipinski definition) is 2. The van der Waals surface area contributed by atoms with E-state index in [-0.39, 0.29) is 5.78 Å². The molecule has 0 heterocycles. The molecule has 2 heteroatoms. The van der Waals surface area contributed by atoms with Gasteiger partial charge in [-0.15, -0.1) is 6.58 Å². The summed E-state index contributed by atoms with van der Waals surface area (Å²) in [5.41, 5.74) is 1.76. The predicted molar refractivity (Wildman–Crippen MR) is 66.1 cm³/mol. The average Bonchev–Trinajstić information content (AvgIpc) is 2.29. The molecular weight excluding hydrogens is 200 g/mol. The van der Waals surface area contributed by atoms with E-state index in [0.717, 1.165) is 29.7 Å². The maximum absolute atomic E-state index is 11.8. The molecule has 0 atom stereocenters. The van der Waals surface area contributed by atoms with E-state index in [2.05, 4.69) is 6.58 Å². The predicted octanol–water partition coefficient (Wildman–Crippen LogP) is 3.54. The lowest BCUT2D eigenvalue weighted by atomic mass is 10.0. The number of ketones is 1. The van der Waals surface area contributed by atoms with Crippen LogP contribution in [0.5, 0.6) is 5.75 Å². The molecule has 2 nitrogen and oxygen atoms in total. The van der Waals surface area contributed by atoms with Gasteiger partial charge >= 0.3 is 0 Å². The molecule has 0 bridgehead atoms. The Morgan fingerprint density at radius 1 is 1.50 bits per heavy atom. The van der Waals surface area contributed by atoms with E-state index in [4.69, 9.17) is 4.74 Å². The fourth-order valence-corrected chi connectivity index (χ4v) is 1.60. The van der Waals surface area contributed by atoms with Gasteiger partial charge in [0, 0.05) is 12.0 Å². The summed E-state index contributed by atoms with van der Waals surface area (Å²) in [4.78, 5) is 11.8. The first kappa shape index (κ1) is 12.5. The second-order valence-corrected chi connectivity index (χ2v) is 3.79. The zero-order valence-corrected chi connectivity index (χ0v) is 9.95. The Balaban J connectivity index is 2.69. The van der Waals surface area contributed by atoms with E-state index in [0.29, 0.717) is 6.42 Å². The Bertz CT molecular complexity index is 380. The van der Waals surface area contributed by atoms with Crippen LogP contribution in [0.25, 0.3) is 0 Å². The number of allylic oxidation sites excluding steroid dienone is 1. The van der Waals surface area contributed by atoms with Crippen molar-refractivity contribution < 1.29 is 9.53 Å². The summed E-state index contributed by atoms with van der Waals surface area (Å²) >= 11 is 0. The summed E-state index contributed by atoms with van der Waals surface area (Å²) in [6, 6.07) is 5.55. The minimum absolute atomic E-state index is 0.188. The second-order valence-electron chi connectivity index (χ2n) is 3.79. The molecular formula is C14H18O2. The summed E-state index contributed by atoms with van der Waals surface area (Å²) in [5.74, 6) is 1.01. The number of methoxy groups -OCH3 is 1. The number of rotatable bonds is 6. The third-order valence-corrected chi connectivity index (χ3v) is 2.53. The molecule has 0 N–H and O–H groups in total. The molecule has 0 unspecified atom stereocenters. The van der Waals surface area contributed by atoms with Gasteiger partial charge in [-0.05, 0) is 43.5 Å². The minimum Gasteiger partial charge on any atom is -0.496 e. The SMILES string of the molecule is C=CCCCC(=O)c1ccc(OC)c(C)c1. The van der Waals surface area contributed by atoms with Crippen molar-refractivity contribution in [1.82, 2.24) is 0 Å². The molecule has 0 aromatic heterocycles. The number of benzene rings is 1. The molecule has 1 aromatic carbocycles. The quantitative estimate of drug-likeness (QED) is 0.414. The van der Waals surface area contributed by atoms with Crippen molar-refractivity contribution >= 4 is 5.78 Å². The lowest BCUT2D eigenvalue weighted by Crippen LogP contribution is -2.00. The minimum atomic E-state index is 0.188. The van der Waals surface area contributed by atoms with Gasteiger partial charge in [0.15, 0.2) is 5.78 Å². The van der Waals surface area contributed by atoms with E-state index in [1.165, 1.54) is 0 Å². The normalized spacial score (nSPS) is 9.88. The molecule has 0 aliphatic heterocycles. The topological polar surface area (TPSA) is 26.3 Å². The Hall–Kier alpha value is -1.57. The summed E-state index contributed by atoms with van der Waals surface area (Å²) in [5, 5.41) is 0. The first-order chi connectivity index (χ1) is 7.69. The molecule has 1 aromatic rings. The van der Waals surface area contributed by atoms with Crippen molar-refractivity contribution in [2.24, 2.45) is 0 Å². The van der Waals surface area contributed by atoms with Gasteiger partial charge in [0.2, 0.25) is 0 Å². The molecule has 16 heavy (non-hydrogen) atoms. The number of Topliss-reactive ketones (excluding diaryl/α,β-unsaturated/α-hetero) is 1. The highest BCUT2D eigenvalue weighted by Crippen LogP contribution is 2.19. The zero-order chi connectivity index (χ0) is 12.0. The summed E-state index contributed by atoms with van der Waals surface area (Å²) in [6.45, 7) is 5.58. The van der Waals surface area contributed by atoms with Crippen LogP contribution in [0, 0.1) is 6.92 Å². The smallest absolute Gasteiger partial charge is 0.162 e. The highest BCUT2D eigenvalue weighted by Gasteiger charge is 2.07. The zero-order valence-electron chi connectivity index (χ0n) is 9.95. The Morgan fingerprint density at radius 3 is 2.81 bits per heavy atom.